The topological polar surface area (TPSA) is 64.9 Å². The lowest BCUT2D eigenvalue weighted by Crippen LogP contribution is -1.94. The highest BCUT2D eigenvalue weighted by Gasteiger charge is 2.10. The van der Waals surface area contributed by atoms with Crippen LogP contribution in [-0.2, 0) is 12.2 Å². The number of hydrogen-bond donors (Lipinski definition) is 1. The second-order valence-electron chi connectivity index (χ2n) is 4.68. The monoisotopic (exact) mass is 281 g/mol. The summed E-state index contributed by atoms with van der Waals surface area (Å²) in [4.78, 5) is 4.80. The standard InChI is InChI=1S/C13H16FN3OS/c1-8(2)5-13-16-12(17-18-13)7-19-11-4-3-9(15)6-10(11)14/h3-4,6,8H,5,7,15H2,1-2H3. The van der Waals surface area contributed by atoms with E-state index < -0.39 is 0 Å². The van der Waals surface area contributed by atoms with E-state index in [4.69, 9.17) is 10.3 Å². The van der Waals surface area contributed by atoms with Gasteiger partial charge in [-0.1, -0.05) is 19.0 Å². The Labute approximate surface area is 115 Å². The van der Waals surface area contributed by atoms with E-state index in [0.29, 0.717) is 34.0 Å². The van der Waals surface area contributed by atoms with Crippen LogP contribution in [0.1, 0.15) is 25.6 Å². The molecule has 0 bridgehead atoms. The average Bonchev–Trinajstić information content (AvgIpc) is 2.74. The molecule has 6 heteroatoms. The van der Waals surface area contributed by atoms with Crippen molar-refractivity contribution in [3.8, 4) is 0 Å². The molecule has 19 heavy (non-hydrogen) atoms. The van der Waals surface area contributed by atoms with Gasteiger partial charge >= 0.3 is 0 Å². The molecule has 2 N–H and O–H groups in total. The summed E-state index contributed by atoms with van der Waals surface area (Å²) in [7, 11) is 0. The van der Waals surface area contributed by atoms with Gasteiger partial charge in [0.2, 0.25) is 5.89 Å². The fraction of sp³-hybridized carbons (Fsp3) is 0.385. The van der Waals surface area contributed by atoms with Gasteiger partial charge in [0, 0.05) is 17.0 Å². The molecule has 1 heterocycles. The Morgan fingerprint density at radius 1 is 1.42 bits per heavy atom. The zero-order valence-electron chi connectivity index (χ0n) is 10.9. The Hall–Kier alpha value is -1.56. The van der Waals surface area contributed by atoms with Gasteiger partial charge in [0.1, 0.15) is 5.82 Å². The predicted molar refractivity (Wildman–Crippen MR) is 73.2 cm³/mol. The lowest BCUT2D eigenvalue weighted by atomic mass is 10.1. The van der Waals surface area contributed by atoms with Crippen molar-refractivity contribution >= 4 is 17.4 Å². The average molecular weight is 281 g/mol. The number of halogens is 1. The summed E-state index contributed by atoms with van der Waals surface area (Å²) in [5, 5.41) is 3.88. The van der Waals surface area contributed by atoms with Crippen molar-refractivity contribution in [2.75, 3.05) is 5.73 Å². The number of benzene rings is 1. The van der Waals surface area contributed by atoms with E-state index in [1.165, 1.54) is 17.8 Å². The molecule has 0 radical (unpaired) electrons. The Kier molecular flexibility index (Phi) is 4.42. The quantitative estimate of drug-likeness (QED) is 0.673. The third-order valence-corrected chi connectivity index (χ3v) is 3.45. The zero-order chi connectivity index (χ0) is 13.8. The number of anilines is 1. The molecule has 2 aromatic rings. The zero-order valence-corrected chi connectivity index (χ0v) is 11.7. The summed E-state index contributed by atoms with van der Waals surface area (Å²) >= 11 is 1.33. The summed E-state index contributed by atoms with van der Waals surface area (Å²) in [6, 6.07) is 4.64. The number of hydrogen-bond acceptors (Lipinski definition) is 5. The van der Waals surface area contributed by atoms with Gasteiger partial charge in [-0.05, 0) is 24.1 Å². The van der Waals surface area contributed by atoms with E-state index in [1.54, 1.807) is 12.1 Å². The van der Waals surface area contributed by atoms with Crippen molar-refractivity contribution in [2.24, 2.45) is 5.92 Å². The van der Waals surface area contributed by atoms with E-state index in [-0.39, 0.29) is 5.82 Å². The van der Waals surface area contributed by atoms with Gasteiger partial charge in [-0.15, -0.1) is 11.8 Å². The van der Waals surface area contributed by atoms with E-state index in [9.17, 15) is 4.39 Å². The summed E-state index contributed by atoms with van der Waals surface area (Å²) in [5.41, 5.74) is 5.91. The first-order valence-corrected chi connectivity index (χ1v) is 7.02. The maximum absolute atomic E-state index is 13.6. The van der Waals surface area contributed by atoms with Gasteiger partial charge < -0.3 is 10.3 Å². The molecule has 0 saturated heterocycles. The minimum absolute atomic E-state index is 0.323. The van der Waals surface area contributed by atoms with Crippen LogP contribution < -0.4 is 5.73 Å². The minimum Gasteiger partial charge on any atom is -0.399 e. The van der Waals surface area contributed by atoms with E-state index >= 15 is 0 Å². The van der Waals surface area contributed by atoms with Gasteiger partial charge in [0.15, 0.2) is 5.82 Å². The van der Waals surface area contributed by atoms with E-state index in [2.05, 4.69) is 24.0 Å². The molecule has 0 saturated carbocycles. The maximum Gasteiger partial charge on any atom is 0.226 e. The van der Waals surface area contributed by atoms with Crippen LogP contribution in [0.5, 0.6) is 0 Å². The largest absolute Gasteiger partial charge is 0.399 e. The van der Waals surface area contributed by atoms with Gasteiger partial charge in [-0.3, -0.25) is 0 Å². The highest BCUT2D eigenvalue weighted by Crippen LogP contribution is 2.26. The molecule has 102 valence electrons. The molecule has 0 amide bonds. The van der Waals surface area contributed by atoms with Crippen LogP contribution in [-0.4, -0.2) is 10.1 Å². The van der Waals surface area contributed by atoms with Crippen LogP contribution in [0, 0.1) is 11.7 Å². The molecular weight excluding hydrogens is 265 g/mol. The number of thioether (sulfide) groups is 1. The third kappa shape index (κ3) is 3.96. The molecule has 2 rings (SSSR count). The number of nitrogens with two attached hydrogens (primary N) is 1. The first-order valence-electron chi connectivity index (χ1n) is 6.04. The molecular formula is C13H16FN3OS. The van der Waals surface area contributed by atoms with Crippen molar-refractivity contribution in [1.82, 2.24) is 10.1 Å². The van der Waals surface area contributed by atoms with Crippen LogP contribution in [0.3, 0.4) is 0 Å². The van der Waals surface area contributed by atoms with E-state index in [1.807, 2.05) is 0 Å². The molecule has 4 nitrogen and oxygen atoms in total. The predicted octanol–water partition coefficient (Wildman–Crippen LogP) is 3.28. The summed E-state index contributed by atoms with van der Waals surface area (Å²) < 4.78 is 18.7. The van der Waals surface area contributed by atoms with Gasteiger partial charge in [-0.2, -0.15) is 4.98 Å². The van der Waals surface area contributed by atoms with Crippen LogP contribution in [0.4, 0.5) is 10.1 Å². The van der Waals surface area contributed by atoms with Crippen molar-refractivity contribution in [3.63, 3.8) is 0 Å². The molecule has 0 aliphatic carbocycles. The molecule has 1 aromatic carbocycles. The smallest absolute Gasteiger partial charge is 0.226 e. The molecule has 0 spiro atoms. The highest BCUT2D eigenvalue weighted by molar-refractivity contribution is 7.98. The van der Waals surface area contributed by atoms with Gasteiger partial charge in [-0.25, -0.2) is 4.39 Å². The first-order chi connectivity index (χ1) is 9.04. The van der Waals surface area contributed by atoms with Crippen molar-refractivity contribution in [3.05, 3.63) is 35.7 Å². The lowest BCUT2D eigenvalue weighted by Gasteiger charge is -2.01. The fourth-order valence-electron chi connectivity index (χ4n) is 1.56. The first kappa shape index (κ1) is 13.9. The van der Waals surface area contributed by atoms with Crippen LogP contribution in [0.15, 0.2) is 27.6 Å². The maximum atomic E-state index is 13.6. The van der Waals surface area contributed by atoms with Crippen molar-refractivity contribution < 1.29 is 8.91 Å². The van der Waals surface area contributed by atoms with E-state index in [0.717, 1.165) is 6.42 Å². The van der Waals surface area contributed by atoms with Gasteiger partial charge in [0.05, 0.1) is 5.75 Å². The number of aromatic nitrogens is 2. The van der Waals surface area contributed by atoms with Crippen LogP contribution >= 0.6 is 11.8 Å². The third-order valence-electron chi connectivity index (χ3n) is 2.41. The Bertz CT molecular complexity index is 557. The lowest BCUT2D eigenvalue weighted by molar-refractivity contribution is 0.360. The van der Waals surface area contributed by atoms with Crippen molar-refractivity contribution in [2.45, 2.75) is 30.9 Å². The van der Waals surface area contributed by atoms with Crippen LogP contribution in [0.25, 0.3) is 0 Å². The molecule has 0 unspecified atom stereocenters. The molecule has 0 fully saturated rings. The summed E-state index contributed by atoms with van der Waals surface area (Å²) in [6.45, 7) is 4.17. The SMILES string of the molecule is CC(C)Cc1nc(CSc2ccc(N)cc2F)no1. The van der Waals surface area contributed by atoms with Crippen molar-refractivity contribution in [1.29, 1.82) is 0 Å². The fourth-order valence-corrected chi connectivity index (χ4v) is 2.32. The molecule has 0 atom stereocenters. The summed E-state index contributed by atoms with van der Waals surface area (Å²) in [5.74, 6) is 1.83. The second-order valence-corrected chi connectivity index (χ2v) is 5.70. The van der Waals surface area contributed by atoms with Crippen LogP contribution in [0.2, 0.25) is 0 Å². The van der Waals surface area contributed by atoms with Gasteiger partial charge in [0.25, 0.3) is 0 Å². The minimum atomic E-state index is -0.323. The summed E-state index contributed by atoms with van der Waals surface area (Å²) in [6.07, 6.45) is 0.758. The second kappa shape index (κ2) is 6.06. The molecule has 1 aromatic heterocycles. The highest BCUT2D eigenvalue weighted by atomic mass is 32.2. The normalized spacial score (nSPS) is 11.2. The Morgan fingerprint density at radius 3 is 2.89 bits per heavy atom. The molecule has 0 aliphatic rings. The number of nitrogen functional groups attached to an aromatic ring is 1. The Morgan fingerprint density at radius 2 is 2.21 bits per heavy atom. The molecule has 0 aliphatic heterocycles. The number of nitrogens with zero attached hydrogens (tertiary/aromatic N) is 2. The number of rotatable bonds is 5. The Balaban J connectivity index is 1.96.